The number of fused-ring (bicyclic) bond motifs is 1. The zero-order valence-corrected chi connectivity index (χ0v) is 13.4. The fourth-order valence-electron chi connectivity index (χ4n) is 2.48. The second-order valence-electron chi connectivity index (χ2n) is 6.66. The summed E-state index contributed by atoms with van der Waals surface area (Å²) in [5.41, 5.74) is 3.62. The van der Waals surface area contributed by atoms with E-state index in [0.29, 0.717) is 0 Å². The highest BCUT2D eigenvalue weighted by Crippen LogP contribution is 2.24. The molecule has 0 saturated heterocycles. The van der Waals surface area contributed by atoms with Gasteiger partial charge in [0.05, 0.1) is 5.69 Å². The van der Waals surface area contributed by atoms with Crippen molar-refractivity contribution in [2.75, 3.05) is 0 Å². The molecule has 0 radical (unpaired) electrons. The topological polar surface area (TPSA) is 12.4 Å². The lowest BCUT2D eigenvalue weighted by molar-refractivity contribution is 0.590. The fourth-order valence-corrected chi connectivity index (χ4v) is 2.48. The van der Waals surface area contributed by atoms with Crippen LogP contribution in [0.1, 0.15) is 31.9 Å². The van der Waals surface area contributed by atoms with E-state index in [4.69, 9.17) is 0 Å². The molecule has 0 saturated carbocycles. The Morgan fingerprint density at radius 2 is 1.45 bits per heavy atom. The van der Waals surface area contributed by atoms with Gasteiger partial charge in [0, 0.05) is 6.21 Å². The standard InChI is InChI=1S/C21H21N/c1-21(2,3)19-10-12-20(13-11-19)22-15-16-8-9-17-6-4-5-7-18(17)14-16/h4-15H,1-3H3. The van der Waals surface area contributed by atoms with Crippen molar-refractivity contribution in [3.8, 4) is 0 Å². The Hall–Kier alpha value is -2.41. The Kier molecular flexibility index (Phi) is 3.81. The monoisotopic (exact) mass is 287 g/mol. The summed E-state index contributed by atoms with van der Waals surface area (Å²) in [7, 11) is 0. The highest BCUT2D eigenvalue weighted by Gasteiger charge is 2.12. The molecule has 0 unspecified atom stereocenters. The normalized spacial score (nSPS) is 12.1. The van der Waals surface area contributed by atoms with Gasteiger partial charge in [-0.15, -0.1) is 0 Å². The van der Waals surface area contributed by atoms with Gasteiger partial charge in [0.25, 0.3) is 0 Å². The summed E-state index contributed by atoms with van der Waals surface area (Å²) >= 11 is 0. The number of rotatable bonds is 2. The van der Waals surface area contributed by atoms with Crippen molar-refractivity contribution < 1.29 is 0 Å². The first-order valence-electron chi connectivity index (χ1n) is 7.66. The van der Waals surface area contributed by atoms with Crippen molar-refractivity contribution in [1.82, 2.24) is 0 Å². The van der Waals surface area contributed by atoms with Gasteiger partial charge in [-0.25, -0.2) is 0 Å². The van der Waals surface area contributed by atoms with Crippen LogP contribution >= 0.6 is 0 Å². The Balaban J connectivity index is 1.83. The van der Waals surface area contributed by atoms with E-state index < -0.39 is 0 Å². The molecule has 0 fully saturated rings. The molecule has 0 atom stereocenters. The first kappa shape index (κ1) is 14.5. The van der Waals surface area contributed by atoms with E-state index in [2.05, 4.69) is 92.5 Å². The number of benzene rings is 3. The maximum Gasteiger partial charge on any atom is 0.0630 e. The predicted octanol–water partition coefficient (Wildman–Crippen LogP) is 5.89. The van der Waals surface area contributed by atoms with Gasteiger partial charge in [-0.3, -0.25) is 4.99 Å². The van der Waals surface area contributed by atoms with Crippen molar-refractivity contribution >= 4 is 22.7 Å². The molecule has 0 bridgehead atoms. The average molecular weight is 287 g/mol. The zero-order chi connectivity index (χ0) is 15.6. The second kappa shape index (κ2) is 5.76. The van der Waals surface area contributed by atoms with E-state index in [1.165, 1.54) is 16.3 Å². The lowest BCUT2D eigenvalue weighted by Gasteiger charge is -2.18. The third-order valence-electron chi connectivity index (χ3n) is 3.87. The Morgan fingerprint density at radius 1 is 0.773 bits per heavy atom. The van der Waals surface area contributed by atoms with Gasteiger partial charge in [-0.1, -0.05) is 69.3 Å². The number of hydrogen-bond acceptors (Lipinski definition) is 1. The maximum absolute atomic E-state index is 4.58. The van der Waals surface area contributed by atoms with Gasteiger partial charge in [-0.2, -0.15) is 0 Å². The van der Waals surface area contributed by atoms with Gasteiger partial charge in [0.15, 0.2) is 0 Å². The molecule has 1 heteroatoms. The van der Waals surface area contributed by atoms with Crippen molar-refractivity contribution in [2.24, 2.45) is 4.99 Å². The van der Waals surface area contributed by atoms with E-state index in [0.717, 1.165) is 11.3 Å². The van der Waals surface area contributed by atoms with Crippen molar-refractivity contribution in [3.63, 3.8) is 0 Å². The molecule has 22 heavy (non-hydrogen) atoms. The summed E-state index contributed by atoms with van der Waals surface area (Å²) < 4.78 is 0. The second-order valence-corrected chi connectivity index (χ2v) is 6.66. The minimum absolute atomic E-state index is 0.181. The number of nitrogens with zero attached hydrogens (tertiary/aromatic N) is 1. The van der Waals surface area contributed by atoms with Crippen LogP contribution in [0.3, 0.4) is 0 Å². The third-order valence-corrected chi connectivity index (χ3v) is 3.87. The van der Waals surface area contributed by atoms with E-state index in [-0.39, 0.29) is 5.41 Å². The number of hydrogen-bond donors (Lipinski definition) is 0. The van der Waals surface area contributed by atoms with Crippen LogP contribution in [-0.2, 0) is 5.41 Å². The fraction of sp³-hybridized carbons (Fsp3) is 0.190. The summed E-state index contributed by atoms with van der Waals surface area (Å²) in [4.78, 5) is 4.58. The molecule has 110 valence electrons. The Labute approximate surface area is 132 Å². The Bertz CT molecular complexity index is 805. The van der Waals surface area contributed by atoms with Gasteiger partial charge >= 0.3 is 0 Å². The lowest BCUT2D eigenvalue weighted by Crippen LogP contribution is -2.10. The molecule has 0 aliphatic carbocycles. The van der Waals surface area contributed by atoms with Crippen LogP contribution < -0.4 is 0 Å². The smallest absolute Gasteiger partial charge is 0.0630 e. The highest BCUT2D eigenvalue weighted by molar-refractivity contribution is 5.91. The van der Waals surface area contributed by atoms with Crippen LogP contribution in [0, 0.1) is 0 Å². The average Bonchev–Trinajstić information content (AvgIpc) is 2.52. The van der Waals surface area contributed by atoms with Crippen molar-refractivity contribution in [2.45, 2.75) is 26.2 Å². The van der Waals surface area contributed by atoms with Crippen LogP contribution in [-0.4, -0.2) is 6.21 Å². The molecular formula is C21H21N. The molecule has 0 heterocycles. The maximum atomic E-state index is 4.58. The van der Waals surface area contributed by atoms with Gasteiger partial charge in [0.2, 0.25) is 0 Å². The highest BCUT2D eigenvalue weighted by atomic mass is 14.7. The first-order valence-corrected chi connectivity index (χ1v) is 7.66. The summed E-state index contributed by atoms with van der Waals surface area (Å²) in [5.74, 6) is 0. The van der Waals surface area contributed by atoms with Crippen LogP contribution in [0.25, 0.3) is 10.8 Å². The SMILES string of the molecule is CC(C)(C)c1ccc(N=Cc2ccc3ccccc3c2)cc1. The molecule has 0 amide bonds. The first-order chi connectivity index (χ1) is 10.5. The molecule has 3 rings (SSSR count). The molecule has 1 nitrogen and oxygen atoms in total. The summed E-state index contributed by atoms with van der Waals surface area (Å²) in [6.45, 7) is 6.67. The molecule has 0 spiro atoms. The lowest BCUT2D eigenvalue weighted by atomic mass is 9.87. The van der Waals surface area contributed by atoms with E-state index in [1.807, 2.05) is 6.21 Å². The minimum atomic E-state index is 0.181. The predicted molar refractivity (Wildman–Crippen MR) is 96.3 cm³/mol. The molecular weight excluding hydrogens is 266 g/mol. The zero-order valence-electron chi connectivity index (χ0n) is 13.4. The van der Waals surface area contributed by atoms with Crippen LogP contribution in [0.15, 0.2) is 71.7 Å². The van der Waals surface area contributed by atoms with Crippen LogP contribution in [0.2, 0.25) is 0 Å². The summed E-state index contributed by atoms with van der Waals surface area (Å²) in [5, 5.41) is 2.50. The molecule has 3 aromatic carbocycles. The van der Waals surface area contributed by atoms with Gasteiger partial charge in [-0.05, 0) is 45.5 Å². The molecule has 0 aromatic heterocycles. The molecule has 0 N–H and O–H groups in total. The largest absolute Gasteiger partial charge is 0.256 e. The molecule has 3 aromatic rings. The van der Waals surface area contributed by atoms with Gasteiger partial charge in [0.1, 0.15) is 0 Å². The van der Waals surface area contributed by atoms with E-state index >= 15 is 0 Å². The van der Waals surface area contributed by atoms with Gasteiger partial charge < -0.3 is 0 Å². The van der Waals surface area contributed by atoms with E-state index in [9.17, 15) is 0 Å². The molecule has 0 aliphatic rings. The van der Waals surface area contributed by atoms with E-state index in [1.54, 1.807) is 0 Å². The molecule has 0 aliphatic heterocycles. The summed E-state index contributed by atoms with van der Waals surface area (Å²) in [6, 6.07) is 23.3. The summed E-state index contributed by atoms with van der Waals surface area (Å²) in [6.07, 6.45) is 1.93. The quantitative estimate of drug-likeness (QED) is 0.521. The van der Waals surface area contributed by atoms with Crippen LogP contribution in [0.5, 0.6) is 0 Å². The number of aliphatic imine (C=N–C) groups is 1. The van der Waals surface area contributed by atoms with Crippen molar-refractivity contribution in [3.05, 3.63) is 77.9 Å². The third kappa shape index (κ3) is 3.25. The minimum Gasteiger partial charge on any atom is -0.256 e. The van der Waals surface area contributed by atoms with Crippen LogP contribution in [0.4, 0.5) is 5.69 Å². The Morgan fingerprint density at radius 3 is 2.14 bits per heavy atom. The van der Waals surface area contributed by atoms with Crippen molar-refractivity contribution in [1.29, 1.82) is 0 Å².